The van der Waals surface area contributed by atoms with Crippen LogP contribution in [0.1, 0.15) is 12.1 Å². The summed E-state index contributed by atoms with van der Waals surface area (Å²) in [5.74, 6) is 0.841. The predicted molar refractivity (Wildman–Crippen MR) is 74.7 cm³/mol. The number of likely N-dealkylation sites (N-methyl/N-ethyl adjacent to an activating group) is 1. The van der Waals surface area contributed by atoms with E-state index in [1.807, 2.05) is 36.4 Å². The molecule has 0 radical (unpaired) electrons. The van der Waals surface area contributed by atoms with Gasteiger partial charge in [0, 0.05) is 30.8 Å². The lowest BCUT2D eigenvalue weighted by Crippen LogP contribution is -2.32. The highest BCUT2D eigenvalue weighted by molar-refractivity contribution is 5.56. The molecule has 0 saturated carbocycles. The molecule has 0 bridgehead atoms. The standard InChI is InChI=1S/C15H19N3O/c1-18(14-7-8-16-10-14)11-13-9-15(19-17-13)12-5-3-2-4-6-12/h2-6,9,14,16H,7-8,10-11H2,1H3. The highest BCUT2D eigenvalue weighted by Crippen LogP contribution is 2.20. The molecule has 2 heterocycles. The lowest BCUT2D eigenvalue weighted by Gasteiger charge is -2.21. The normalized spacial score (nSPS) is 19.2. The Morgan fingerprint density at radius 1 is 1.37 bits per heavy atom. The Morgan fingerprint density at radius 2 is 2.21 bits per heavy atom. The number of nitrogens with one attached hydrogen (secondary N) is 1. The Balaban J connectivity index is 1.68. The molecular weight excluding hydrogens is 238 g/mol. The van der Waals surface area contributed by atoms with E-state index < -0.39 is 0 Å². The summed E-state index contributed by atoms with van der Waals surface area (Å²) in [6.45, 7) is 3.02. The Bertz CT molecular complexity index is 517. The molecule has 0 amide bonds. The van der Waals surface area contributed by atoms with Gasteiger partial charge in [-0.05, 0) is 20.0 Å². The van der Waals surface area contributed by atoms with Crippen LogP contribution in [0, 0.1) is 0 Å². The minimum Gasteiger partial charge on any atom is -0.356 e. The molecule has 4 nitrogen and oxygen atoms in total. The molecule has 2 aromatic rings. The molecule has 1 unspecified atom stereocenters. The average molecular weight is 257 g/mol. The van der Waals surface area contributed by atoms with Crippen LogP contribution < -0.4 is 5.32 Å². The number of hydrogen-bond acceptors (Lipinski definition) is 4. The second-order valence-electron chi connectivity index (χ2n) is 5.11. The van der Waals surface area contributed by atoms with Crippen molar-refractivity contribution in [3.63, 3.8) is 0 Å². The third-order valence-corrected chi connectivity index (χ3v) is 3.69. The molecule has 3 rings (SSSR count). The van der Waals surface area contributed by atoms with Gasteiger partial charge in [-0.1, -0.05) is 35.5 Å². The SMILES string of the molecule is CN(Cc1cc(-c2ccccc2)on1)C1CCNC1. The molecule has 1 fully saturated rings. The summed E-state index contributed by atoms with van der Waals surface area (Å²) in [7, 11) is 2.15. The van der Waals surface area contributed by atoms with E-state index in [1.54, 1.807) is 0 Å². The van der Waals surface area contributed by atoms with Gasteiger partial charge in [0.2, 0.25) is 0 Å². The van der Waals surface area contributed by atoms with Crippen LogP contribution in [-0.4, -0.2) is 36.2 Å². The number of nitrogens with zero attached hydrogens (tertiary/aromatic N) is 2. The summed E-state index contributed by atoms with van der Waals surface area (Å²) in [5, 5.41) is 7.55. The van der Waals surface area contributed by atoms with Gasteiger partial charge in [0.1, 0.15) is 0 Å². The fourth-order valence-corrected chi connectivity index (χ4v) is 2.53. The van der Waals surface area contributed by atoms with E-state index in [9.17, 15) is 0 Å². The maximum Gasteiger partial charge on any atom is 0.167 e. The van der Waals surface area contributed by atoms with Crippen molar-refractivity contribution < 1.29 is 4.52 Å². The lowest BCUT2D eigenvalue weighted by molar-refractivity contribution is 0.241. The number of benzene rings is 1. The van der Waals surface area contributed by atoms with Crippen molar-refractivity contribution in [1.29, 1.82) is 0 Å². The molecular formula is C15H19N3O. The van der Waals surface area contributed by atoms with Gasteiger partial charge < -0.3 is 9.84 Å². The average Bonchev–Trinajstić information content (AvgIpc) is 3.11. The fraction of sp³-hybridized carbons (Fsp3) is 0.400. The van der Waals surface area contributed by atoms with Crippen molar-refractivity contribution in [3.05, 3.63) is 42.1 Å². The van der Waals surface area contributed by atoms with Crippen molar-refractivity contribution in [1.82, 2.24) is 15.4 Å². The first-order valence-electron chi connectivity index (χ1n) is 6.75. The molecule has 19 heavy (non-hydrogen) atoms. The summed E-state index contributed by atoms with van der Waals surface area (Å²) in [4.78, 5) is 2.34. The molecule has 0 aliphatic carbocycles. The van der Waals surface area contributed by atoms with Gasteiger partial charge in [-0.15, -0.1) is 0 Å². The summed E-state index contributed by atoms with van der Waals surface area (Å²) in [5.41, 5.74) is 2.07. The Kier molecular flexibility index (Phi) is 3.62. The number of aromatic nitrogens is 1. The van der Waals surface area contributed by atoms with E-state index in [-0.39, 0.29) is 0 Å². The molecule has 0 spiro atoms. The first kappa shape index (κ1) is 12.4. The van der Waals surface area contributed by atoms with E-state index in [4.69, 9.17) is 4.52 Å². The first-order chi connectivity index (χ1) is 9.33. The molecule has 1 aromatic carbocycles. The highest BCUT2D eigenvalue weighted by atomic mass is 16.5. The molecule has 1 aliphatic heterocycles. The van der Waals surface area contributed by atoms with Crippen LogP contribution in [0.25, 0.3) is 11.3 Å². The smallest absolute Gasteiger partial charge is 0.167 e. The number of rotatable bonds is 4. The second-order valence-corrected chi connectivity index (χ2v) is 5.11. The Labute approximate surface area is 113 Å². The molecule has 1 aromatic heterocycles. The van der Waals surface area contributed by atoms with Crippen LogP contribution in [0.5, 0.6) is 0 Å². The van der Waals surface area contributed by atoms with Gasteiger partial charge >= 0.3 is 0 Å². The topological polar surface area (TPSA) is 41.3 Å². The summed E-state index contributed by atoms with van der Waals surface area (Å²) >= 11 is 0. The van der Waals surface area contributed by atoms with Crippen LogP contribution in [0.3, 0.4) is 0 Å². The first-order valence-corrected chi connectivity index (χ1v) is 6.75. The van der Waals surface area contributed by atoms with Crippen molar-refractivity contribution in [2.75, 3.05) is 20.1 Å². The highest BCUT2D eigenvalue weighted by Gasteiger charge is 2.20. The van der Waals surface area contributed by atoms with Gasteiger partial charge in [0.05, 0.1) is 5.69 Å². The zero-order valence-corrected chi connectivity index (χ0v) is 11.2. The summed E-state index contributed by atoms with van der Waals surface area (Å²) < 4.78 is 5.42. The fourth-order valence-electron chi connectivity index (χ4n) is 2.53. The zero-order valence-electron chi connectivity index (χ0n) is 11.2. The molecule has 1 atom stereocenters. The van der Waals surface area contributed by atoms with Gasteiger partial charge in [0.25, 0.3) is 0 Å². The van der Waals surface area contributed by atoms with Crippen LogP contribution in [0.15, 0.2) is 40.9 Å². The van der Waals surface area contributed by atoms with E-state index in [2.05, 4.69) is 22.4 Å². The van der Waals surface area contributed by atoms with Crippen molar-refractivity contribution in [2.45, 2.75) is 19.0 Å². The zero-order chi connectivity index (χ0) is 13.1. The van der Waals surface area contributed by atoms with Gasteiger partial charge in [-0.2, -0.15) is 0 Å². The minimum absolute atomic E-state index is 0.608. The lowest BCUT2D eigenvalue weighted by atomic mass is 10.1. The molecule has 100 valence electrons. The maximum atomic E-state index is 5.42. The van der Waals surface area contributed by atoms with Crippen LogP contribution >= 0.6 is 0 Å². The quantitative estimate of drug-likeness (QED) is 0.911. The third kappa shape index (κ3) is 2.85. The van der Waals surface area contributed by atoms with E-state index >= 15 is 0 Å². The Hall–Kier alpha value is -1.65. The van der Waals surface area contributed by atoms with Crippen molar-refractivity contribution in [3.8, 4) is 11.3 Å². The van der Waals surface area contributed by atoms with E-state index in [0.29, 0.717) is 6.04 Å². The van der Waals surface area contributed by atoms with Crippen LogP contribution in [0.4, 0.5) is 0 Å². The van der Waals surface area contributed by atoms with E-state index in [1.165, 1.54) is 6.42 Å². The second kappa shape index (κ2) is 5.55. The Morgan fingerprint density at radius 3 is 2.95 bits per heavy atom. The maximum absolute atomic E-state index is 5.42. The van der Waals surface area contributed by atoms with Gasteiger partial charge in [0.15, 0.2) is 5.76 Å². The van der Waals surface area contributed by atoms with Gasteiger partial charge in [-0.25, -0.2) is 0 Å². The molecule has 1 aliphatic rings. The van der Waals surface area contributed by atoms with Crippen LogP contribution in [0.2, 0.25) is 0 Å². The molecule has 1 N–H and O–H groups in total. The largest absolute Gasteiger partial charge is 0.356 e. The summed E-state index contributed by atoms with van der Waals surface area (Å²) in [6.07, 6.45) is 1.21. The minimum atomic E-state index is 0.608. The van der Waals surface area contributed by atoms with Crippen molar-refractivity contribution >= 4 is 0 Å². The van der Waals surface area contributed by atoms with E-state index in [0.717, 1.165) is 36.7 Å². The van der Waals surface area contributed by atoms with Crippen LogP contribution in [-0.2, 0) is 6.54 Å². The summed E-state index contributed by atoms with van der Waals surface area (Å²) in [6, 6.07) is 12.7. The molecule has 1 saturated heterocycles. The monoisotopic (exact) mass is 257 g/mol. The predicted octanol–water partition coefficient (Wildman–Crippen LogP) is 2.14. The van der Waals surface area contributed by atoms with Crippen molar-refractivity contribution in [2.24, 2.45) is 0 Å². The molecule has 4 heteroatoms. The third-order valence-electron chi connectivity index (χ3n) is 3.69. The van der Waals surface area contributed by atoms with Gasteiger partial charge in [-0.3, -0.25) is 4.90 Å². The number of hydrogen-bond donors (Lipinski definition) is 1.